The molecule has 20 heteroatoms. The van der Waals surface area contributed by atoms with Gasteiger partial charge in [-0.2, -0.15) is 0 Å². The van der Waals surface area contributed by atoms with Crippen LogP contribution in [0.3, 0.4) is 0 Å². The summed E-state index contributed by atoms with van der Waals surface area (Å²) in [5, 5.41) is 14.0. The quantitative estimate of drug-likeness (QED) is 0.0699. The molecule has 0 radical (unpaired) electrons. The van der Waals surface area contributed by atoms with Crippen LogP contribution in [0.5, 0.6) is 0 Å². The summed E-state index contributed by atoms with van der Waals surface area (Å²) < 4.78 is 60.4. The minimum absolute atomic E-state index is 0. The van der Waals surface area contributed by atoms with Gasteiger partial charge in [0.15, 0.2) is 16.6 Å². The molecular formula is C32H98O13Si7. The maximum Gasteiger partial charge on any atom is 0.488 e. The van der Waals surface area contributed by atoms with E-state index in [1.807, 2.05) is 40.8 Å². The molecule has 0 amide bonds. The van der Waals surface area contributed by atoms with Gasteiger partial charge in [-0.3, -0.25) is 0 Å². The van der Waals surface area contributed by atoms with Gasteiger partial charge < -0.3 is 58.0 Å². The maximum absolute atomic E-state index is 11.1. The Morgan fingerprint density at radius 3 is 1.12 bits per heavy atom. The Labute approximate surface area is 334 Å². The third kappa shape index (κ3) is 36.6. The van der Waals surface area contributed by atoms with Gasteiger partial charge in [0.2, 0.25) is 0 Å². The van der Waals surface area contributed by atoms with Gasteiger partial charge in [0.05, 0.1) is 0 Å². The Kier molecular flexibility index (Phi) is 56.0. The van der Waals surface area contributed by atoms with Crippen LogP contribution in [0.25, 0.3) is 0 Å². The molecule has 4 atom stereocenters. The van der Waals surface area contributed by atoms with Crippen molar-refractivity contribution in [2.24, 2.45) is 0 Å². The number of aliphatic hydroxyl groups excluding tert-OH is 2. The lowest BCUT2D eigenvalue weighted by atomic mass is 10.9. The summed E-state index contributed by atoms with van der Waals surface area (Å²) in [5.74, 6) is 0. The molecule has 4 unspecified atom stereocenters. The second kappa shape index (κ2) is 37.6. The van der Waals surface area contributed by atoms with Crippen LogP contribution in [-0.4, -0.2) is 124 Å². The molecule has 0 aliphatic heterocycles. The average molecular weight is 888 g/mol. The zero-order valence-electron chi connectivity index (χ0n) is 32.9. The van der Waals surface area contributed by atoms with Crippen molar-refractivity contribution in [3.05, 3.63) is 0 Å². The molecule has 13 nitrogen and oxygen atoms in total. The summed E-state index contributed by atoms with van der Waals surface area (Å²) in [6, 6.07) is 2.66. The Morgan fingerprint density at radius 2 is 0.846 bits per heavy atom. The SMILES string of the molecule is C.C.C.C.C.C.CCO[Si](C)(OC)O[Si](C)(CC)O[Si](C)(O)OCO[Si](CC)(CC)O[Si](CC)(OCC)O[Si](C)(C)C.CO.CO.CO[Si](C)(C)C. The summed E-state index contributed by atoms with van der Waals surface area (Å²) in [7, 11) is -12.7. The number of hydrogen-bond donors (Lipinski definition) is 3. The first-order valence-electron chi connectivity index (χ1n) is 16.1. The highest BCUT2D eigenvalue weighted by Gasteiger charge is 2.52. The van der Waals surface area contributed by atoms with Crippen LogP contribution in [0.1, 0.15) is 86.1 Å². The molecule has 0 fully saturated rings. The molecule has 0 saturated heterocycles. The summed E-state index contributed by atoms with van der Waals surface area (Å²) >= 11 is 0. The molecule has 0 bridgehead atoms. The van der Waals surface area contributed by atoms with E-state index < -0.39 is 60.2 Å². The summed E-state index contributed by atoms with van der Waals surface area (Å²) in [5.41, 5.74) is 0. The van der Waals surface area contributed by atoms with Crippen LogP contribution >= 0.6 is 0 Å². The largest absolute Gasteiger partial charge is 0.488 e. The van der Waals surface area contributed by atoms with Crippen LogP contribution in [0.15, 0.2) is 0 Å². The third-order valence-corrected chi connectivity index (χ3v) is 28.2. The lowest BCUT2D eigenvalue weighted by Gasteiger charge is -2.41. The molecule has 0 aliphatic rings. The monoisotopic (exact) mass is 887 g/mol. The molecule has 0 aromatic carbocycles. The Hall–Kier alpha value is 0.998. The van der Waals surface area contributed by atoms with Gasteiger partial charge in [-0.25, -0.2) is 0 Å². The molecule has 0 aromatic heterocycles. The number of hydrogen-bond acceptors (Lipinski definition) is 13. The van der Waals surface area contributed by atoms with Crippen molar-refractivity contribution in [1.29, 1.82) is 0 Å². The van der Waals surface area contributed by atoms with E-state index in [9.17, 15) is 4.80 Å². The number of rotatable bonds is 22. The van der Waals surface area contributed by atoms with Gasteiger partial charge in [-0.05, 0) is 77.8 Å². The topological polar surface area (TPSA) is 153 Å². The van der Waals surface area contributed by atoms with Crippen molar-refractivity contribution in [2.45, 2.75) is 169 Å². The fourth-order valence-electron chi connectivity index (χ4n) is 3.55. The van der Waals surface area contributed by atoms with E-state index in [4.69, 9.17) is 53.2 Å². The summed E-state index contributed by atoms with van der Waals surface area (Å²) in [4.78, 5) is 11.1. The Morgan fingerprint density at radius 1 is 0.442 bits per heavy atom. The van der Waals surface area contributed by atoms with E-state index >= 15 is 0 Å². The lowest BCUT2D eigenvalue weighted by molar-refractivity contribution is 0.0258. The molecule has 0 spiro atoms. The zero-order chi connectivity index (χ0) is 37.5. The van der Waals surface area contributed by atoms with Gasteiger partial charge in [0, 0.05) is 60.8 Å². The fraction of sp³-hybridized carbons (Fsp3) is 1.00. The number of aliphatic hydroxyl groups is 2. The smallest absolute Gasteiger partial charge is 0.421 e. The predicted octanol–water partition coefficient (Wildman–Crippen LogP) is 9.76. The molecular weight excluding hydrogens is 789 g/mol. The first kappa shape index (κ1) is 77.5. The second-order valence-electron chi connectivity index (χ2n) is 12.2. The molecule has 0 saturated carbocycles. The highest BCUT2D eigenvalue weighted by molar-refractivity contribution is 6.85. The molecule has 52 heavy (non-hydrogen) atoms. The molecule has 0 aromatic rings. The van der Waals surface area contributed by atoms with Crippen LogP contribution < -0.4 is 0 Å². The lowest BCUT2D eigenvalue weighted by Crippen LogP contribution is -2.60. The minimum Gasteiger partial charge on any atom is -0.421 e. The van der Waals surface area contributed by atoms with Crippen molar-refractivity contribution in [3.8, 4) is 0 Å². The van der Waals surface area contributed by atoms with E-state index in [2.05, 4.69) is 53.1 Å². The van der Waals surface area contributed by atoms with E-state index in [0.717, 1.165) is 14.2 Å². The Bertz CT molecular complexity index is 734. The van der Waals surface area contributed by atoms with Crippen LogP contribution in [0.2, 0.25) is 83.1 Å². The minimum atomic E-state index is -3.60. The van der Waals surface area contributed by atoms with Gasteiger partial charge in [-0.1, -0.05) is 72.3 Å². The van der Waals surface area contributed by atoms with Gasteiger partial charge in [0.1, 0.15) is 6.79 Å². The van der Waals surface area contributed by atoms with Crippen molar-refractivity contribution in [3.63, 3.8) is 0 Å². The van der Waals surface area contributed by atoms with Gasteiger partial charge >= 0.3 is 43.5 Å². The van der Waals surface area contributed by atoms with Crippen LogP contribution in [0, 0.1) is 0 Å². The van der Waals surface area contributed by atoms with E-state index in [1.54, 1.807) is 20.8 Å². The van der Waals surface area contributed by atoms with Crippen molar-refractivity contribution < 1.29 is 58.0 Å². The molecule has 3 N–H and O–H groups in total. The predicted molar refractivity (Wildman–Crippen MR) is 243 cm³/mol. The molecule has 0 rings (SSSR count). The third-order valence-electron chi connectivity index (χ3n) is 6.17. The average Bonchev–Trinajstić information content (AvgIpc) is 2.97. The Balaban J connectivity index is -0.000000123. The highest BCUT2D eigenvalue weighted by Crippen LogP contribution is 2.30. The highest BCUT2D eigenvalue weighted by atomic mass is 28.5. The van der Waals surface area contributed by atoms with E-state index in [1.165, 1.54) is 0 Å². The van der Waals surface area contributed by atoms with Gasteiger partial charge in [0.25, 0.3) is 0 Å². The van der Waals surface area contributed by atoms with E-state index in [0.29, 0.717) is 37.4 Å². The van der Waals surface area contributed by atoms with Crippen molar-refractivity contribution in [1.82, 2.24) is 0 Å². The van der Waals surface area contributed by atoms with Gasteiger partial charge in [-0.15, -0.1) is 0 Å². The first-order chi connectivity index (χ1) is 21.0. The van der Waals surface area contributed by atoms with E-state index in [-0.39, 0.29) is 51.4 Å². The first-order valence-corrected chi connectivity index (χ1v) is 34.1. The zero-order valence-corrected chi connectivity index (χ0v) is 39.9. The standard InChI is InChI=1S/C20H54O10Si6.C4H12OSi.2CH4O.6CH4/c1-14-23-34(13,22-7)29-32(11,16-3)28-33(12,21)25-20-26-35(17-4,18-5)30-36(19-6,24-15-2)27-31(8,9)10;1-5-6(2,3)4;2*1-2;;;;;;/h21H,14-20H2,1-13H3;1-4H3;2*2H,1H3;6*1H4. The second-order valence-corrected chi connectivity index (χ2v) is 37.7. The van der Waals surface area contributed by atoms with Crippen LogP contribution in [0.4, 0.5) is 0 Å². The summed E-state index contributed by atoms with van der Waals surface area (Å²) in [6.45, 7) is 31.0. The molecule has 0 heterocycles. The molecule has 0 aliphatic carbocycles. The fourth-order valence-corrected chi connectivity index (χ4v) is 24.8. The normalized spacial score (nSPS) is 15.3. The van der Waals surface area contributed by atoms with Crippen molar-refractivity contribution in [2.75, 3.05) is 48.4 Å². The molecule has 332 valence electrons. The summed E-state index contributed by atoms with van der Waals surface area (Å²) in [6.07, 6.45) is 0. The van der Waals surface area contributed by atoms with Crippen LogP contribution in [-0.2, 0) is 43.0 Å². The van der Waals surface area contributed by atoms with Crippen molar-refractivity contribution >= 4 is 60.2 Å². The maximum atomic E-state index is 11.1.